The summed E-state index contributed by atoms with van der Waals surface area (Å²) >= 11 is 2.00. The predicted octanol–water partition coefficient (Wildman–Crippen LogP) is 4.37. The van der Waals surface area contributed by atoms with E-state index in [1.165, 1.54) is 29.1 Å². The Morgan fingerprint density at radius 2 is 2.15 bits per heavy atom. The molecule has 0 saturated carbocycles. The molecule has 1 aromatic carbocycles. The van der Waals surface area contributed by atoms with Gasteiger partial charge in [-0.25, -0.2) is 0 Å². The fourth-order valence-electron chi connectivity index (χ4n) is 3.33. The van der Waals surface area contributed by atoms with Gasteiger partial charge in [0.15, 0.2) is 0 Å². The first kappa shape index (κ1) is 15.7. The van der Waals surface area contributed by atoms with Crippen molar-refractivity contribution < 1.29 is 5.11 Å². The molecular weight excluding hydrogens is 266 g/mol. The van der Waals surface area contributed by atoms with Crippen LogP contribution in [-0.4, -0.2) is 22.7 Å². The summed E-state index contributed by atoms with van der Waals surface area (Å²) in [7, 11) is 0. The number of nitrogens with one attached hydrogen (secondary N) is 1. The van der Waals surface area contributed by atoms with E-state index in [0.29, 0.717) is 23.8 Å². The quantitative estimate of drug-likeness (QED) is 0.764. The van der Waals surface area contributed by atoms with E-state index in [2.05, 4.69) is 33.0 Å². The minimum Gasteiger partial charge on any atom is -0.508 e. The standard InChI is InChI=1S/C17H27NOS/c1-5-20-9-8-13(4)18-14-10-12(3)16-11(2)6-7-15(19)17(14)16/h6-7,12-14,18-19H,5,8-10H2,1-4H3. The first-order valence-electron chi connectivity index (χ1n) is 7.70. The van der Waals surface area contributed by atoms with Crippen molar-refractivity contribution in [3.8, 4) is 5.75 Å². The number of benzene rings is 1. The summed E-state index contributed by atoms with van der Waals surface area (Å²) < 4.78 is 0. The molecule has 2 nitrogen and oxygen atoms in total. The molecular formula is C17H27NOS. The van der Waals surface area contributed by atoms with Crippen LogP contribution in [0.1, 0.15) is 62.3 Å². The number of aromatic hydroxyl groups is 1. The Balaban J connectivity index is 2.08. The van der Waals surface area contributed by atoms with Crippen LogP contribution in [0.5, 0.6) is 5.75 Å². The van der Waals surface area contributed by atoms with E-state index in [9.17, 15) is 5.11 Å². The molecule has 0 saturated heterocycles. The zero-order valence-corrected chi connectivity index (χ0v) is 13.9. The van der Waals surface area contributed by atoms with Crippen molar-refractivity contribution in [1.82, 2.24) is 5.32 Å². The number of thioether (sulfide) groups is 1. The van der Waals surface area contributed by atoms with E-state index in [1.54, 1.807) is 0 Å². The molecule has 20 heavy (non-hydrogen) atoms. The van der Waals surface area contributed by atoms with Gasteiger partial charge in [0.25, 0.3) is 0 Å². The lowest BCUT2D eigenvalue weighted by molar-refractivity contribution is 0.413. The van der Waals surface area contributed by atoms with Gasteiger partial charge in [-0.1, -0.05) is 19.9 Å². The third-order valence-corrected chi connectivity index (χ3v) is 5.23. The lowest BCUT2D eigenvalue weighted by Crippen LogP contribution is -2.30. The summed E-state index contributed by atoms with van der Waals surface area (Å²) in [6.07, 6.45) is 2.28. The van der Waals surface area contributed by atoms with Crippen molar-refractivity contribution in [1.29, 1.82) is 0 Å². The first-order valence-corrected chi connectivity index (χ1v) is 8.86. The highest BCUT2D eigenvalue weighted by molar-refractivity contribution is 7.99. The highest BCUT2D eigenvalue weighted by Gasteiger charge is 2.32. The maximum Gasteiger partial charge on any atom is 0.120 e. The molecule has 0 heterocycles. The lowest BCUT2D eigenvalue weighted by atomic mass is 9.97. The molecule has 0 radical (unpaired) electrons. The van der Waals surface area contributed by atoms with E-state index < -0.39 is 0 Å². The molecule has 0 spiro atoms. The van der Waals surface area contributed by atoms with Crippen molar-refractivity contribution in [2.24, 2.45) is 0 Å². The van der Waals surface area contributed by atoms with Gasteiger partial charge in [-0.05, 0) is 61.3 Å². The second-order valence-corrected chi connectivity index (χ2v) is 7.37. The van der Waals surface area contributed by atoms with Crippen LogP contribution in [0.4, 0.5) is 0 Å². The smallest absolute Gasteiger partial charge is 0.120 e. The molecule has 0 amide bonds. The SMILES string of the molecule is CCSCCC(C)NC1CC(C)c2c(C)ccc(O)c21. The van der Waals surface area contributed by atoms with Gasteiger partial charge in [0, 0.05) is 17.6 Å². The van der Waals surface area contributed by atoms with Gasteiger partial charge in [-0.3, -0.25) is 0 Å². The van der Waals surface area contributed by atoms with Crippen LogP contribution in [0.25, 0.3) is 0 Å². The number of hydrogen-bond acceptors (Lipinski definition) is 3. The second kappa shape index (κ2) is 6.86. The van der Waals surface area contributed by atoms with Crippen molar-refractivity contribution in [2.75, 3.05) is 11.5 Å². The number of aryl methyl sites for hydroxylation is 1. The van der Waals surface area contributed by atoms with Gasteiger partial charge in [0.2, 0.25) is 0 Å². The number of fused-ring (bicyclic) bond motifs is 1. The van der Waals surface area contributed by atoms with Crippen LogP contribution in [0, 0.1) is 6.92 Å². The minimum atomic E-state index is 0.307. The monoisotopic (exact) mass is 293 g/mol. The first-order chi connectivity index (χ1) is 9.54. The Morgan fingerprint density at radius 3 is 2.85 bits per heavy atom. The maximum absolute atomic E-state index is 10.2. The van der Waals surface area contributed by atoms with Crippen molar-refractivity contribution in [2.45, 2.75) is 58.5 Å². The Bertz CT molecular complexity index is 461. The largest absolute Gasteiger partial charge is 0.508 e. The van der Waals surface area contributed by atoms with Gasteiger partial charge in [-0.15, -0.1) is 0 Å². The summed E-state index contributed by atoms with van der Waals surface area (Å²) in [4.78, 5) is 0. The van der Waals surface area contributed by atoms with Gasteiger partial charge in [0.05, 0.1) is 0 Å². The number of rotatable bonds is 6. The van der Waals surface area contributed by atoms with E-state index in [4.69, 9.17) is 0 Å². The summed E-state index contributed by atoms with van der Waals surface area (Å²) in [5, 5.41) is 13.9. The Kier molecular flexibility index (Phi) is 5.39. The Morgan fingerprint density at radius 1 is 1.40 bits per heavy atom. The molecule has 1 aliphatic rings. The van der Waals surface area contributed by atoms with Crippen LogP contribution in [-0.2, 0) is 0 Å². The topological polar surface area (TPSA) is 32.3 Å². The molecule has 0 fully saturated rings. The van der Waals surface area contributed by atoms with Crippen LogP contribution in [0.15, 0.2) is 12.1 Å². The number of phenolic OH excluding ortho intramolecular Hbond substituents is 1. The van der Waals surface area contributed by atoms with E-state index in [1.807, 2.05) is 23.9 Å². The molecule has 2 N–H and O–H groups in total. The molecule has 3 heteroatoms. The van der Waals surface area contributed by atoms with E-state index in [0.717, 1.165) is 12.0 Å². The third kappa shape index (κ3) is 3.32. The molecule has 0 aliphatic heterocycles. The summed E-state index contributed by atoms with van der Waals surface area (Å²) in [5.74, 6) is 3.39. The second-order valence-electron chi connectivity index (χ2n) is 5.97. The van der Waals surface area contributed by atoms with Crippen LogP contribution in [0.3, 0.4) is 0 Å². The Hall–Kier alpha value is -0.670. The zero-order chi connectivity index (χ0) is 14.7. The van der Waals surface area contributed by atoms with Gasteiger partial charge in [0.1, 0.15) is 5.75 Å². The fourth-order valence-corrected chi connectivity index (χ4v) is 4.13. The van der Waals surface area contributed by atoms with Crippen LogP contribution >= 0.6 is 11.8 Å². The normalized spacial score (nSPS) is 22.8. The molecule has 1 aliphatic carbocycles. The van der Waals surface area contributed by atoms with Crippen molar-refractivity contribution in [3.63, 3.8) is 0 Å². The van der Waals surface area contributed by atoms with Gasteiger partial charge < -0.3 is 10.4 Å². The molecule has 0 aromatic heterocycles. The van der Waals surface area contributed by atoms with E-state index in [-0.39, 0.29) is 0 Å². The molecule has 3 unspecified atom stereocenters. The number of phenols is 1. The average molecular weight is 293 g/mol. The van der Waals surface area contributed by atoms with E-state index >= 15 is 0 Å². The lowest BCUT2D eigenvalue weighted by Gasteiger charge is -2.21. The Labute approximate surface area is 127 Å². The summed E-state index contributed by atoms with van der Waals surface area (Å²) in [6.45, 7) is 8.88. The van der Waals surface area contributed by atoms with Crippen LogP contribution in [0.2, 0.25) is 0 Å². The van der Waals surface area contributed by atoms with Gasteiger partial charge in [-0.2, -0.15) is 11.8 Å². The molecule has 112 valence electrons. The number of hydrogen-bond donors (Lipinski definition) is 2. The molecule has 0 bridgehead atoms. The predicted molar refractivity (Wildman–Crippen MR) is 88.8 cm³/mol. The average Bonchev–Trinajstić information content (AvgIpc) is 2.72. The minimum absolute atomic E-state index is 0.307. The van der Waals surface area contributed by atoms with Gasteiger partial charge >= 0.3 is 0 Å². The zero-order valence-electron chi connectivity index (χ0n) is 13.1. The summed E-state index contributed by atoms with van der Waals surface area (Å²) in [5.41, 5.74) is 3.81. The summed E-state index contributed by atoms with van der Waals surface area (Å²) in [6, 6.07) is 4.69. The molecule has 1 aromatic rings. The molecule has 3 atom stereocenters. The third-order valence-electron chi connectivity index (χ3n) is 4.30. The van der Waals surface area contributed by atoms with Crippen molar-refractivity contribution >= 4 is 11.8 Å². The molecule has 2 rings (SSSR count). The highest BCUT2D eigenvalue weighted by Crippen LogP contribution is 2.46. The maximum atomic E-state index is 10.2. The van der Waals surface area contributed by atoms with Crippen molar-refractivity contribution in [3.05, 3.63) is 28.8 Å². The van der Waals surface area contributed by atoms with Crippen LogP contribution < -0.4 is 5.32 Å². The fraction of sp³-hybridized carbons (Fsp3) is 0.647. The highest BCUT2D eigenvalue weighted by atomic mass is 32.2.